The molecule has 3 rings (SSSR count). The normalized spacial score (nSPS) is 22.7. The molecule has 1 aromatic heterocycles. The smallest absolute Gasteiger partial charge is 0.242 e. The fraction of sp³-hybridized carbons (Fsp3) is 0.417. The van der Waals surface area contributed by atoms with Crippen molar-refractivity contribution < 1.29 is 4.79 Å². The van der Waals surface area contributed by atoms with E-state index in [9.17, 15) is 4.79 Å². The number of amides is 1. The summed E-state index contributed by atoms with van der Waals surface area (Å²) in [7, 11) is 0. The molecule has 0 spiro atoms. The van der Waals surface area contributed by atoms with Crippen LogP contribution in [-0.2, 0) is 11.2 Å². The van der Waals surface area contributed by atoms with Gasteiger partial charge in [-0.25, -0.2) is 4.98 Å². The van der Waals surface area contributed by atoms with Gasteiger partial charge in [-0.2, -0.15) is 5.26 Å². The second kappa shape index (κ2) is 4.52. The highest BCUT2D eigenvalue weighted by Crippen LogP contribution is 2.32. The molecule has 0 radical (unpaired) electrons. The molecule has 1 aliphatic carbocycles. The van der Waals surface area contributed by atoms with Gasteiger partial charge in [-0.1, -0.05) is 17.4 Å². The van der Waals surface area contributed by atoms with E-state index in [1.807, 2.05) is 12.2 Å². The molecule has 0 aromatic carbocycles. The van der Waals surface area contributed by atoms with Crippen LogP contribution in [0.3, 0.4) is 0 Å². The average molecular weight is 260 g/mol. The van der Waals surface area contributed by atoms with Gasteiger partial charge in [-0.05, 0) is 6.08 Å². The molecule has 6 heteroatoms. The molecule has 2 aliphatic rings. The van der Waals surface area contributed by atoms with Crippen molar-refractivity contribution in [1.29, 1.82) is 5.26 Å². The Hall–Kier alpha value is -1.71. The largest absolute Gasteiger partial charge is 0.307 e. The number of allylic oxidation sites excluding steroid dienone is 1. The zero-order valence-corrected chi connectivity index (χ0v) is 10.5. The van der Waals surface area contributed by atoms with Gasteiger partial charge in [0.1, 0.15) is 0 Å². The van der Waals surface area contributed by atoms with Gasteiger partial charge in [0.2, 0.25) is 5.91 Å². The molecule has 18 heavy (non-hydrogen) atoms. The monoisotopic (exact) mass is 260 g/mol. The highest BCUT2D eigenvalue weighted by Gasteiger charge is 2.25. The fourth-order valence-corrected chi connectivity index (χ4v) is 3.17. The number of piperazine rings is 1. The Morgan fingerprint density at radius 1 is 1.61 bits per heavy atom. The number of hydrogen-bond donors (Lipinski definition) is 1. The van der Waals surface area contributed by atoms with Crippen LogP contribution in [0, 0.1) is 17.2 Å². The number of anilines is 1. The summed E-state index contributed by atoms with van der Waals surface area (Å²) in [4.78, 5) is 19.1. The third kappa shape index (κ3) is 1.92. The van der Waals surface area contributed by atoms with Crippen LogP contribution < -0.4 is 10.2 Å². The first-order chi connectivity index (χ1) is 8.78. The molecule has 1 saturated heterocycles. The summed E-state index contributed by atoms with van der Waals surface area (Å²) in [5.41, 5.74) is 0.940. The van der Waals surface area contributed by atoms with Crippen molar-refractivity contribution in [2.75, 3.05) is 24.5 Å². The summed E-state index contributed by atoms with van der Waals surface area (Å²) in [6.45, 7) is 1.84. The molecule has 1 unspecified atom stereocenters. The lowest BCUT2D eigenvalue weighted by Crippen LogP contribution is -2.48. The Labute approximate surface area is 109 Å². The second-order valence-electron chi connectivity index (χ2n) is 4.33. The Bertz CT molecular complexity index is 557. The Morgan fingerprint density at radius 2 is 2.50 bits per heavy atom. The predicted octanol–water partition coefficient (Wildman–Crippen LogP) is 0.788. The minimum absolute atomic E-state index is 0.0631. The molecule has 1 amide bonds. The predicted molar refractivity (Wildman–Crippen MR) is 69.2 cm³/mol. The molecular weight excluding hydrogens is 248 g/mol. The summed E-state index contributed by atoms with van der Waals surface area (Å²) in [5.74, 6) is -0.0284. The third-order valence-corrected chi connectivity index (χ3v) is 4.18. The number of nitrogens with one attached hydrogen (secondary N) is 1. The quantitative estimate of drug-likeness (QED) is 0.810. The summed E-state index contributed by atoms with van der Waals surface area (Å²) in [6, 6.07) is 2.23. The maximum Gasteiger partial charge on any atom is 0.242 e. The molecule has 1 N–H and O–H groups in total. The highest BCUT2D eigenvalue weighted by atomic mass is 32.1. The van der Waals surface area contributed by atoms with Crippen LogP contribution in [0.4, 0.5) is 5.13 Å². The second-order valence-corrected chi connectivity index (χ2v) is 5.34. The first kappa shape index (κ1) is 11.4. The van der Waals surface area contributed by atoms with Crippen LogP contribution in [-0.4, -0.2) is 30.5 Å². The topological polar surface area (TPSA) is 69.0 Å². The van der Waals surface area contributed by atoms with Crippen LogP contribution in [0.5, 0.6) is 0 Å². The maximum atomic E-state index is 11.8. The maximum absolute atomic E-state index is 11.8. The van der Waals surface area contributed by atoms with Crippen molar-refractivity contribution in [2.24, 2.45) is 5.92 Å². The standard InChI is InChI=1S/C12H12N4OS/c13-6-8-1-2-10-9(5-8)15-12(18-10)16-4-3-14-7-11(16)17/h1-2,8,14H,3-5,7H2. The van der Waals surface area contributed by atoms with E-state index in [2.05, 4.69) is 16.4 Å². The number of rotatable bonds is 1. The van der Waals surface area contributed by atoms with Gasteiger partial charge in [0.15, 0.2) is 5.13 Å². The lowest BCUT2D eigenvalue weighted by atomic mass is 9.99. The van der Waals surface area contributed by atoms with Crippen LogP contribution in [0.2, 0.25) is 0 Å². The number of thiazole rings is 1. The number of nitrogens with zero attached hydrogens (tertiary/aromatic N) is 3. The fourth-order valence-electron chi connectivity index (χ4n) is 2.12. The molecule has 92 valence electrons. The van der Waals surface area contributed by atoms with E-state index in [1.165, 1.54) is 11.3 Å². The molecule has 0 bridgehead atoms. The molecule has 1 aliphatic heterocycles. The van der Waals surface area contributed by atoms with E-state index < -0.39 is 0 Å². The Balaban J connectivity index is 1.88. The van der Waals surface area contributed by atoms with Crippen molar-refractivity contribution in [2.45, 2.75) is 6.42 Å². The van der Waals surface area contributed by atoms with Gasteiger partial charge < -0.3 is 5.32 Å². The molecule has 1 atom stereocenters. The van der Waals surface area contributed by atoms with Crippen molar-refractivity contribution in [3.05, 3.63) is 16.6 Å². The zero-order valence-electron chi connectivity index (χ0n) is 9.72. The van der Waals surface area contributed by atoms with Gasteiger partial charge in [0, 0.05) is 19.5 Å². The Morgan fingerprint density at radius 3 is 3.28 bits per heavy atom. The number of hydrogen-bond acceptors (Lipinski definition) is 5. The zero-order chi connectivity index (χ0) is 12.5. The minimum atomic E-state index is -0.0915. The van der Waals surface area contributed by atoms with Crippen molar-refractivity contribution in [3.63, 3.8) is 0 Å². The Kier molecular flexibility index (Phi) is 2.86. The number of fused-ring (bicyclic) bond motifs is 1. The lowest BCUT2D eigenvalue weighted by molar-refractivity contribution is -0.118. The van der Waals surface area contributed by atoms with E-state index in [1.54, 1.807) is 4.90 Å². The molecule has 1 aromatic rings. The number of carbonyl (C=O) groups is 1. The van der Waals surface area contributed by atoms with Crippen molar-refractivity contribution in [1.82, 2.24) is 10.3 Å². The first-order valence-electron chi connectivity index (χ1n) is 5.86. The highest BCUT2D eigenvalue weighted by molar-refractivity contribution is 7.16. The van der Waals surface area contributed by atoms with Crippen molar-refractivity contribution >= 4 is 28.5 Å². The van der Waals surface area contributed by atoms with Gasteiger partial charge >= 0.3 is 0 Å². The van der Waals surface area contributed by atoms with E-state index in [0.717, 1.165) is 22.2 Å². The van der Waals surface area contributed by atoms with Crippen LogP contribution in [0.25, 0.3) is 6.08 Å². The number of carbonyl (C=O) groups excluding carboxylic acids is 1. The van der Waals surface area contributed by atoms with Gasteiger partial charge in [0.05, 0.1) is 29.1 Å². The van der Waals surface area contributed by atoms with E-state index in [4.69, 9.17) is 5.26 Å². The first-order valence-corrected chi connectivity index (χ1v) is 6.68. The van der Waals surface area contributed by atoms with E-state index >= 15 is 0 Å². The van der Waals surface area contributed by atoms with Gasteiger partial charge in [-0.15, -0.1) is 0 Å². The summed E-state index contributed by atoms with van der Waals surface area (Å²) in [5, 5.41) is 12.7. The van der Waals surface area contributed by atoms with Crippen molar-refractivity contribution in [3.8, 4) is 6.07 Å². The van der Waals surface area contributed by atoms with Crippen LogP contribution in [0.1, 0.15) is 10.6 Å². The minimum Gasteiger partial charge on any atom is -0.307 e. The molecule has 0 saturated carbocycles. The number of aromatic nitrogens is 1. The molecular formula is C12H12N4OS. The van der Waals surface area contributed by atoms with E-state index in [-0.39, 0.29) is 11.8 Å². The number of nitriles is 1. The van der Waals surface area contributed by atoms with Crippen LogP contribution in [0.15, 0.2) is 6.08 Å². The van der Waals surface area contributed by atoms with Gasteiger partial charge in [-0.3, -0.25) is 9.69 Å². The van der Waals surface area contributed by atoms with E-state index in [0.29, 0.717) is 19.5 Å². The molecule has 2 heterocycles. The van der Waals surface area contributed by atoms with Gasteiger partial charge in [0.25, 0.3) is 0 Å². The third-order valence-electron chi connectivity index (χ3n) is 3.10. The summed E-state index contributed by atoms with van der Waals surface area (Å²) < 4.78 is 0. The average Bonchev–Trinajstić information content (AvgIpc) is 2.81. The summed E-state index contributed by atoms with van der Waals surface area (Å²) >= 11 is 1.53. The molecule has 5 nitrogen and oxygen atoms in total. The summed E-state index contributed by atoms with van der Waals surface area (Å²) in [6.07, 6.45) is 4.50. The lowest BCUT2D eigenvalue weighted by Gasteiger charge is -2.24. The molecule has 1 fully saturated rings. The van der Waals surface area contributed by atoms with Crippen LogP contribution >= 0.6 is 11.3 Å². The SMILES string of the molecule is N#CC1C=Cc2sc(N3CCNCC3=O)nc2C1.